The minimum Gasteiger partial charge on any atom is -0.406 e. The Hall–Kier alpha value is -4.02. The van der Waals surface area contributed by atoms with E-state index in [0.717, 1.165) is 16.9 Å². The summed E-state index contributed by atoms with van der Waals surface area (Å²) in [5, 5.41) is 1.89. The summed E-state index contributed by atoms with van der Waals surface area (Å²) >= 11 is 0. The van der Waals surface area contributed by atoms with Crippen molar-refractivity contribution in [2.75, 3.05) is 0 Å². The number of aromatic nitrogens is 1. The van der Waals surface area contributed by atoms with E-state index in [1.165, 1.54) is 18.2 Å². The van der Waals surface area contributed by atoms with Crippen LogP contribution in [0.5, 0.6) is 5.75 Å². The minimum absolute atomic E-state index is 0.319. The van der Waals surface area contributed by atoms with E-state index in [-0.39, 0.29) is 5.75 Å². The zero-order chi connectivity index (χ0) is 25.6. The largest absolute Gasteiger partial charge is 0.573 e. The number of halogens is 3. The smallest absolute Gasteiger partial charge is 0.406 e. The van der Waals surface area contributed by atoms with Gasteiger partial charge in [-0.25, -0.2) is 0 Å². The zero-order valence-electron chi connectivity index (χ0n) is 19.5. The molecule has 0 atom stereocenters. The topological polar surface area (TPSA) is 31.2 Å². The van der Waals surface area contributed by atoms with E-state index < -0.39 is 13.5 Å². The highest BCUT2D eigenvalue weighted by atomic mass is 31.2. The Morgan fingerprint density at radius 1 is 0.757 bits per heavy atom. The van der Waals surface area contributed by atoms with Gasteiger partial charge in [-0.1, -0.05) is 91.0 Å². The van der Waals surface area contributed by atoms with Crippen LogP contribution in [0.25, 0.3) is 16.8 Å². The van der Waals surface area contributed by atoms with Crippen LogP contribution in [0.3, 0.4) is 0 Å². The number of rotatable bonds is 5. The van der Waals surface area contributed by atoms with Crippen molar-refractivity contribution < 1.29 is 22.5 Å². The Morgan fingerprint density at radius 3 is 2.03 bits per heavy atom. The van der Waals surface area contributed by atoms with Gasteiger partial charge in [0.2, 0.25) is 0 Å². The van der Waals surface area contributed by atoms with E-state index in [1.807, 2.05) is 95.7 Å². The van der Waals surface area contributed by atoms with Gasteiger partial charge in [0.15, 0.2) is 7.14 Å². The Bertz CT molecular complexity index is 1600. The minimum atomic E-state index is -4.82. The number of nitrogens with zero attached hydrogens (tertiary/aromatic N) is 1. The number of para-hydroxylation sites is 1. The van der Waals surface area contributed by atoms with Crippen molar-refractivity contribution in [2.24, 2.45) is 0 Å². The maximum atomic E-state index is 15.3. The van der Waals surface area contributed by atoms with Crippen molar-refractivity contribution in [1.82, 2.24) is 4.57 Å². The molecule has 1 aliphatic rings. The molecule has 0 aliphatic carbocycles. The van der Waals surface area contributed by atoms with Crippen LogP contribution in [-0.4, -0.2) is 10.9 Å². The molecule has 0 unspecified atom stereocenters. The molecule has 6 rings (SSSR count). The van der Waals surface area contributed by atoms with Crippen LogP contribution in [-0.2, 0) is 11.0 Å². The first-order valence-electron chi connectivity index (χ1n) is 11.7. The fraction of sp³-hybridized carbons (Fsp3) is 0.0667. The molecule has 0 radical (unpaired) electrons. The fourth-order valence-electron chi connectivity index (χ4n) is 5.10. The molecule has 0 amide bonds. The quantitative estimate of drug-likeness (QED) is 0.243. The third-order valence-electron chi connectivity index (χ3n) is 6.63. The number of ether oxygens (including phenoxy) is 1. The highest BCUT2D eigenvalue weighted by molar-refractivity contribution is 7.85. The van der Waals surface area contributed by atoms with Crippen molar-refractivity contribution in [1.29, 1.82) is 0 Å². The lowest BCUT2D eigenvalue weighted by molar-refractivity contribution is -0.274. The first-order valence-corrected chi connectivity index (χ1v) is 13.5. The monoisotopic (exact) mass is 515 g/mol. The molecule has 0 saturated heterocycles. The third kappa shape index (κ3) is 4.08. The van der Waals surface area contributed by atoms with E-state index in [1.54, 1.807) is 6.07 Å². The molecular formula is C30H21F3NO2P. The average molecular weight is 515 g/mol. The standard InChI is InChI=1S/C30H21F3NO2P/c31-30(32,33)36-23-12-9-11-22(18-23)29-27-19-21-10-7-8-17-26(21)34(27)20-28(29)37(35,24-13-3-1-4-14-24)25-15-5-2-6-16-25/h1-18,20H,19H2. The van der Waals surface area contributed by atoms with E-state index >= 15 is 4.57 Å². The Morgan fingerprint density at radius 2 is 1.38 bits per heavy atom. The first kappa shape index (κ1) is 23.4. The molecule has 1 aliphatic heterocycles. The molecule has 0 spiro atoms. The highest BCUT2D eigenvalue weighted by Gasteiger charge is 2.38. The second-order valence-electron chi connectivity index (χ2n) is 8.87. The molecule has 37 heavy (non-hydrogen) atoms. The van der Waals surface area contributed by atoms with Crippen molar-refractivity contribution in [2.45, 2.75) is 12.8 Å². The number of fused-ring (bicyclic) bond motifs is 3. The molecule has 0 fully saturated rings. The molecule has 2 heterocycles. The second kappa shape index (κ2) is 8.82. The molecule has 184 valence electrons. The van der Waals surface area contributed by atoms with Gasteiger partial charge in [-0.2, -0.15) is 0 Å². The lowest BCUT2D eigenvalue weighted by Gasteiger charge is -2.21. The highest BCUT2D eigenvalue weighted by Crippen LogP contribution is 2.49. The van der Waals surface area contributed by atoms with E-state index in [2.05, 4.69) is 4.74 Å². The SMILES string of the molecule is O=P(c1ccccc1)(c1ccccc1)c1cn2c(c1-c1cccc(OC(F)(F)F)c1)Cc1ccccc1-2. The molecule has 0 saturated carbocycles. The summed E-state index contributed by atoms with van der Waals surface area (Å²) in [6.45, 7) is 0. The van der Waals surface area contributed by atoms with Crippen molar-refractivity contribution >= 4 is 23.1 Å². The van der Waals surface area contributed by atoms with Gasteiger partial charge in [0.1, 0.15) is 5.75 Å². The number of hydrogen-bond donors (Lipinski definition) is 0. The van der Waals surface area contributed by atoms with Crippen molar-refractivity contribution in [3.63, 3.8) is 0 Å². The van der Waals surface area contributed by atoms with E-state index in [4.69, 9.17) is 0 Å². The van der Waals surface area contributed by atoms with E-state index in [0.29, 0.717) is 33.5 Å². The normalized spacial score (nSPS) is 12.7. The first-order chi connectivity index (χ1) is 17.8. The van der Waals surface area contributed by atoms with Crippen molar-refractivity contribution in [3.8, 4) is 22.6 Å². The van der Waals surface area contributed by atoms with Crippen LogP contribution >= 0.6 is 7.14 Å². The van der Waals surface area contributed by atoms with Crippen LogP contribution in [0, 0.1) is 0 Å². The average Bonchev–Trinajstić information content (AvgIpc) is 3.45. The van der Waals surface area contributed by atoms with Gasteiger partial charge < -0.3 is 13.9 Å². The number of alkyl halides is 3. The fourth-order valence-corrected chi connectivity index (χ4v) is 7.99. The van der Waals surface area contributed by atoms with Gasteiger partial charge in [-0.05, 0) is 29.3 Å². The molecule has 3 nitrogen and oxygen atoms in total. The van der Waals surface area contributed by atoms with Gasteiger partial charge in [0.05, 0.1) is 0 Å². The Balaban J connectivity index is 1.65. The van der Waals surface area contributed by atoms with E-state index in [9.17, 15) is 13.2 Å². The number of benzene rings is 4. The molecule has 0 N–H and O–H groups in total. The zero-order valence-corrected chi connectivity index (χ0v) is 20.4. The molecule has 5 aromatic rings. The summed E-state index contributed by atoms with van der Waals surface area (Å²) in [5.41, 5.74) is 4.14. The van der Waals surface area contributed by atoms with Gasteiger partial charge in [-0.3, -0.25) is 0 Å². The van der Waals surface area contributed by atoms with Gasteiger partial charge in [0.25, 0.3) is 0 Å². The summed E-state index contributed by atoms with van der Waals surface area (Å²) < 4.78 is 60.7. The molecule has 7 heteroatoms. The second-order valence-corrected chi connectivity index (χ2v) is 11.6. The van der Waals surface area contributed by atoms with Crippen molar-refractivity contribution in [3.05, 3.63) is 127 Å². The predicted molar refractivity (Wildman–Crippen MR) is 140 cm³/mol. The van der Waals surface area contributed by atoms with Crippen LogP contribution < -0.4 is 20.7 Å². The summed E-state index contributed by atoms with van der Waals surface area (Å²) in [6.07, 6.45) is -2.35. The van der Waals surface area contributed by atoms with Crippen LogP contribution in [0.2, 0.25) is 0 Å². The third-order valence-corrected chi connectivity index (χ3v) is 9.70. The summed E-state index contributed by atoms with van der Waals surface area (Å²) in [7, 11) is -3.42. The predicted octanol–water partition coefficient (Wildman–Crippen LogP) is 6.59. The maximum absolute atomic E-state index is 15.3. The molecular weight excluding hydrogens is 494 g/mol. The number of hydrogen-bond acceptors (Lipinski definition) is 2. The Labute approximate surface area is 212 Å². The molecule has 0 bridgehead atoms. The van der Waals surface area contributed by atoms with Crippen LogP contribution in [0.1, 0.15) is 11.3 Å². The summed E-state index contributed by atoms with van der Waals surface area (Å²) in [6, 6.07) is 32.4. The van der Waals surface area contributed by atoms with Gasteiger partial charge in [0, 0.05) is 45.5 Å². The Kier molecular flexibility index (Phi) is 5.58. The summed E-state index contributed by atoms with van der Waals surface area (Å²) in [4.78, 5) is 0. The maximum Gasteiger partial charge on any atom is 0.573 e. The summed E-state index contributed by atoms with van der Waals surface area (Å²) in [5.74, 6) is -0.319. The van der Waals surface area contributed by atoms with Gasteiger partial charge >= 0.3 is 6.36 Å². The van der Waals surface area contributed by atoms with Crippen LogP contribution in [0.15, 0.2) is 115 Å². The lowest BCUT2D eigenvalue weighted by atomic mass is 10.0. The molecule has 1 aromatic heterocycles. The van der Waals surface area contributed by atoms with Gasteiger partial charge in [-0.15, -0.1) is 13.2 Å². The van der Waals surface area contributed by atoms with Crippen LogP contribution in [0.4, 0.5) is 13.2 Å². The lowest BCUT2D eigenvalue weighted by Crippen LogP contribution is -2.25. The molecule has 4 aromatic carbocycles.